The minimum atomic E-state index is -4.56. The Balaban J connectivity index is 1.12. The van der Waals surface area contributed by atoms with E-state index in [1.54, 1.807) is 0 Å². The Hall–Kier alpha value is -0.580. The molecule has 4 rings (SSSR count). The van der Waals surface area contributed by atoms with E-state index in [1.807, 2.05) is 0 Å². The molecule has 0 aromatic rings. The molecule has 1 nitrogen and oxygen atoms in total. The van der Waals surface area contributed by atoms with Gasteiger partial charge in [-0.1, -0.05) is 45.4 Å². The summed E-state index contributed by atoms with van der Waals surface area (Å²) >= 11 is 0. The summed E-state index contributed by atoms with van der Waals surface area (Å²) in [6.45, 7) is 3.15. The van der Waals surface area contributed by atoms with Crippen molar-refractivity contribution in [3.05, 3.63) is 11.9 Å². The Morgan fingerprint density at radius 2 is 1.22 bits per heavy atom. The van der Waals surface area contributed by atoms with E-state index < -0.39 is 17.9 Å². The molecule has 1 saturated heterocycles. The molecule has 0 aromatic heterocycles. The molecule has 208 valence electrons. The van der Waals surface area contributed by atoms with Gasteiger partial charge in [0.15, 0.2) is 0 Å². The van der Waals surface area contributed by atoms with Crippen LogP contribution in [0.1, 0.15) is 122 Å². The molecule has 3 saturated carbocycles. The Kier molecular flexibility index (Phi) is 10.6. The van der Waals surface area contributed by atoms with Crippen LogP contribution in [0.25, 0.3) is 0 Å². The van der Waals surface area contributed by atoms with Crippen LogP contribution < -0.4 is 0 Å². The molecule has 0 bridgehead atoms. The molecule has 1 aliphatic heterocycles. The lowest BCUT2D eigenvalue weighted by Crippen LogP contribution is -2.37. The highest BCUT2D eigenvalue weighted by Gasteiger charge is 2.38. The molecule has 4 fully saturated rings. The maximum absolute atomic E-state index is 13.9. The van der Waals surface area contributed by atoms with Gasteiger partial charge in [-0.25, -0.2) is 4.39 Å². The van der Waals surface area contributed by atoms with E-state index in [9.17, 15) is 17.6 Å². The third-order valence-electron chi connectivity index (χ3n) is 10.6. The molecule has 36 heavy (non-hydrogen) atoms. The van der Waals surface area contributed by atoms with E-state index in [2.05, 4.69) is 6.92 Å². The molecule has 5 heteroatoms. The first-order chi connectivity index (χ1) is 17.3. The van der Waals surface area contributed by atoms with Crippen molar-refractivity contribution in [2.75, 3.05) is 6.61 Å². The van der Waals surface area contributed by atoms with Crippen molar-refractivity contribution in [3.63, 3.8) is 0 Å². The zero-order chi connectivity index (χ0) is 25.5. The number of unbranched alkanes of at least 4 members (excludes halogenated alkanes) is 2. The SMILES string of the molecule is CCCCCC1CCC(C2CCC(C3CCC(C4CCC(/C(F)=C/C(F)(F)F)CC4)OC3)CC2)CC1. The molecule has 0 amide bonds. The molecule has 0 N–H and O–H groups in total. The Labute approximate surface area is 217 Å². The van der Waals surface area contributed by atoms with Gasteiger partial charge in [0.05, 0.1) is 18.8 Å². The summed E-state index contributed by atoms with van der Waals surface area (Å²) in [5.41, 5.74) is 0. The summed E-state index contributed by atoms with van der Waals surface area (Å²) < 4.78 is 57.7. The molecular weight excluding hydrogens is 464 g/mol. The molecule has 0 aromatic carbocycles. The predicted octanol–water partition coefficient (Wildman–Crippen LogP) is 10.2. The van der Waals surface area contributed by atoms with Crippen LogP contribution in [0.3, 0.4) is 0 Å². The van der Waals surface area contributed by atoms with Gasteiger partial charge in [-0.15, -0.1) is 0 Å². The zero-order valence-electron chi connectivity index (χ0n) is 22.6. The first-order valence-electron chi connectivity index (χ1n) is 15.4. The molecule has 1 heterocycles. The van der Waals surface area contributed by atoms with E-state index >= 15 is 0 Å². The number of ether oxygens (including phenoxy) is 1. The first-order valence-corrected chi connectivity index (χ1v) is 15.4. The van der Waals surface area contributed by atoms with E-state index in [4.69, 9.17) is 4.74 Å². The van der Waals surface area contributed by atoms with Gasteiger partial charge in [0.2, 0.25) is 0 Å². The van der Waals surface area contributed by atoms with Crippen LogP contribution in [0.4, 0.5) is 17.6 Å². The largest absolute Gasteiger partial charge is 0.412 e. The molecule has 2 unspecified atom stereocenters. The molecular formula is C31H50F4O. The summed E-state index contributed by atoms with van der Waals surface area (Å²) in [5.74, 6) is 3.26. The van der Waals surface area contributed by atoms with Crippen molar-refractivity contribution in [3.8, 4) is 0 Å². The Morgan fingerprint density at radius 1 is 0.694 bits per heavy atom. The normalized spacial score (nSPS) is 39.2. The van der Waals surface area contributed by atoms with Gasteiger partial charge in [-0.3, -0.25) is 0 Å². The second kappa shape index (κ2) is 13.5. The van der Waals surface area contributed by atoms with Gasteiger partial charge < -0.3 is 4.74 Å². The van der Waals surface area contributed by atoms with Gasteiger partial charge in [0.25, 0.3) is 0 Å². The fraction of sp³-hybridized carbons (Fsp3) is 0.935. The fourth-order valence-corrected chi connectivity index (χ4v) is 8.30. The summed E-state index contributed by atoms with van der Waals surface area (Å²) in [6, 6.07) is 0. The number of halogens is 4. The van der Waals surface area contributed by atoms with E-state index in [-0.39, 0.29) is 12.2 Å². The van der Waals surface area contributed by atoms with Crippen molar-refractivity contribution < 1.29 is 22.3 Å². The number of alkyl halides is 3. The lowest BCUT2D eigenvalue weighted by Gasteiger charge is -2.43. The minimum Gasteiger partial charge on any atom is -0.378 e. The van der Waals surface area contributed by atoms with E-state index in [0.717, 1.165) is 49.5 Å². The van der Waals surface area contributed by atoms with Crippen LogP contribution in [0.2, 0.25) is 0 Å². The summed E-state index contributed by atoms with van der Waals surface area (Å²) in [5, 5.41) is 0. The van der Waals surface area contributed by atoms with Crippen LogP contribution in [-0.4, -0.2) is 18.9 Å². The predicted molar refractivity (Wildman–Crippen MR) is 138 cm³/mol. The summed E-state index contributed by atoms with van der Waals surface area (Å²) in [4.78, 5) is 0. The Bertz CT molecular complexity index is 657. The highest BCUT2D eigenvalue weighted by molar-refractivity contribution is 5.03. The maximum Gasteiger partial charge on any atom is 0.412 e. The van der Waals surface area contributed by atoms with Gasteiger partial charge in [-0.2, -0.15) is 13.2 Å². The van der Waals surface area contributed by atoms with E-state index in [1.165, 1.54) is 83.5 Å². The second-order valence-electron chi connectivity index (χ2n) is 12.8. The zero-order valence-corrected chi connectivity index (χ0v) is 22.6. The molecule has 4 aliphatic rings. The van der Waals surface area contributed by atoms with Crippen molar-refractivity contribution in [2.45, 2.75) is 135 Å². The third kappa shape index (κ3) is 8.21. The van der Waals surface area contributed by atoms with Crippen molar-refractivity contribution >= 4 is 0 Å². The quantitative estimate of drug-likeness (QED) is 0.231. The highest BCUT2D eigenvalue weighted by atomic mass is 19.4. The average Bonchev–Trinajstić information content (AvgIpc) is 2.89. The number of hydrogen-bond donors (Lipinski definition) is 0. The van der Waals surface area contributed by atoms with Crippen LogP contribution in [0.5, 0.6) is 0 Å². The highest BCUT2D eigenvalue weighted by Crippen LogP contribution is 2.46. The van der Waals surface area contributed by atoms with Gasteiger partial charge in [0.1, 0.15) is 5.83 Å². The molecule has 3 aliphatic carbocycles. The van der Waals surface area contributed by atoms with Crippen LogP contribution >= 0.6 is 0 Å². The molecule has 0 radical (unpaired) electrons. The monoisotopic (exact) mass is 514 g/mol. The summed E-state index contributed by atoms with van der Waals surface area (Å²) in [6.07, 6.45) is 17.5. The standard InChI is InChI=1S/C31H50F4O/c1-2-3-4-5-22-6-8-23(9-7-22)24-10-12-25(13-11-24)28-18-19-30(36-21-28)27-16-14-26(15-17-27)29(32)20-31(33,34)35/h20,22-28,30H,2-19,21H2,1H3/b29-20-. The Morgan fingerprint density at radius 3 is 1.75 bits per heavy atom. The average molecular weight is 515 g/mol. The van der Waals surface area contributed by atoms with Crippen LogP contribution in [0.15, 0.2) is 11.9 Å². The molecule has 2 atom stereocenters. The van der Waals surface area contributed by atoms with Gasteiger partial charge >= 0.3 is 6.18 Å². The topological polar surface area (TPSA) is 9.23 Å². The smallest absolute Gasteiger partial charge is 0.378 e. The summed E-state index contributed by atoms with van der Waals surface area (Å²) in [7, 11) is 0. The first kappa shape index (κ1) is 28.4. The number of hydrogen-bond acceptors (Lipinski definition) is 1. The maximum atomic E-state index is 13.9. The lowest BCUT2D eigenvalue weighted by molar-refractivity contribution is -0.0833. The van der Waals surface area contributed by atoms with E-state index in [0.29, 0.717) is 24.7 Å². The van der Waals surface area contributed by atoms with Gasteiger partial charge in [0, 0.05) is 5.92 Å². The second-order valence-corrected chi connectivity index (χ2v) is 12.8. The van der Waals surface area contributed by atoms with Crippen molar-refractivity contribution in [1.82, 2.24) is 0 Å². The van der Waals surface area contributed by atoms with Crippen molar-refractivity contribution in [2.24, 2.45) is 41.4 Å². The number of rotatable bonds is 8. The minimum absolute atomic E-state index is 0.145. The van der Waals surface area contributed by atoms with Crippen LogP contribution in [-0.2, 0) is 4.74 Å². The lowest BCUT2D eigenvalue weighted by atomic mass is 9.66. The van der Waals surface area contributed by atoms with Gasteiger partial charge in [-0.05, 0) is 113 Å². The van der Waals surface area contributed by atoms with Crippen LogP contribution in [0, 0.1) is 41.4 Å². The fourth-order valence-electron chi connectivity index (χ4n) is 8.30. The molecule has 0 spiro atoms. The number of allylic oxidation sites excluding steroid dienone is 2. The third-order valence-corrected chi connectivity index (χ3v) is 10.6. The van der Waals surface area contributed by atoms with Crippen molar-refractivity contribution in [1.29, 1.82) is 0 Å².